The van der Waals surface area contributed by atoms with Gasteiger partial charge in [0.05, 0.1) is 19.3 Å². The fraction of sp³-hybridized carbons (Fsp3) is 0.462. The summed E-state index contributed by atoms with van der Waals surface area (Å²) in [7, 11) is 0. The number of amides is 1. The molecule has 0 unspecified atom stereocenters. The van der Waals surface area contributed by atoms with Crippen LogP contribution in [0, 0.1) is 0 Å². The van der Waals surface area contributed by atoms with Crippen LogP contribution in [0.5, 0.6) is 0 Å². The zero-order chi connectivity index (χ0) is 12.1. The number of alkyl carbamates (subject to hydrolysis) is 1. The van der Waals surface area contributed by atoms with Gasteiger partial charge in [-0.25, -0.2) is 4.79 Å². The quantitative estimate of drug-likeness (QED) is 0.850. The second-order valence-electron chi connectivity index (χ2n) is 4.10. The summed E-state index contributed by atoms with van der Waals surface area (Å²) >= 11 is 0. The predicted molar refractivity (Wildman–Crippen MR) is 63.6 cm³/mol. The lowest BCUT2D eigenvalue weighted by Crippen LogP contribution is -2.35. The van der Waals surface area contributed by atoms with Gasteiger partial charge >= 0.3 is 6.09 Å². The molecule has 17 heavy (non-hydrogen) atoms. The minimum atomic E-state index is -0.342. The molecule has 2 atom stereocenters. The maximum atomic E-state index is 11.1. The van der Waals surface area contributed by atoms with Crippen molar-refractivity contribution in [2.45, 2.75) is 32.1 Å². The molecule has 0 saturated carbocycles. The van der Waals surface area contributed by atoms with Gasteiger partial charge in [-0.15, -0.1) is 0 Å². The zero-order valence-corrected chi connectivity index (χ0v) is 9.89. The van der Waals surface area contributed by atoms with E-state index in [2.05, 4.69) is 5.32 Å². The molecule has 4 nitrogen and oxygen atoms in total. The van der Waals surface area contributed by atoms with Crippen molar-refractivity contribution in [3.05, 3.63) is 35.9 Å². The van der Waals surface area contributed by atoms with E-state index in [-0.39, 0.29) is 18.2 Å². The van der Waals surface area contributed by atoms with Crippen LogP contribution in [0.1, 0.15) is 18.9 Å². The highest BCUT2D eigenvalue weighted by molar-refractivity contribution is 5.70. The Kier molecular flexibility index (Phi) is 3.98. The molecule has 1 fully saturated rings. The van der Waals surface area contributed by atoms with Crippen LogP contribution in [0.2, 0.25) is 0 Å². The largest absolute Gasteiger partial charge is 0.444 e. The molecule has 1 heterocycles. The third kappa shape index (κ3) is 3.20. The van der Waals surface area contributed by atoms with E-state index in [4.69, 9.17) is 9.47 Å². The summed E-state index contributed by atoms with van der Waals surface area (Å²) in [5.74, 6) is 0. The Morgan fingerprint density at radius 3 is 2.82 bits per heavy atom. The number of benzene rings is 1. The Bertz CT molecular complexity index is 366. The van der Waals surface area contributed by atoms with Gasteiger partial charge in [-0.3, -0.25) is 0 Å². The molecule has 1 aromatic carbocycles. The normalized spacial score (nSPS) is 23.2. The van der Waals surface area contributed by atoms with Crippen LogP contribution in [0.15, 0.2) is 30.3 Å². The first-order valence-corrected chi connectivity index (χ1v) is 5.88. The number of hydrogen-bond donors (Lipinski definition) is 1. The van der Waals surface area contributed by atoms with Crippen molar-refractivity contribution in [2.24, 2.45) is 0 Å². The van der Waals surface area contributed by atoms with Crippen molar-refractivity contribution in [3.8, 4) is 0 Å². The number of nitrogens with one attached hydrogen (secondary N) is 1. The lowest BCUT2D eigenvalue weighted by Gasteiger charge is -2.15. The van der Waals surface area contributed by atoms with E-state index in [0.717, 1.165) is 12.0 Å². The Labute approximate surface area is 101 Å². The van der Waals surface area contributed by atoms with Crippen LogP contribution in [0.3, 0.4) is 0 Å². The van der Waals surface area contributed by atoms with Gasteiger partial charge in [-0.2, -0.15) is 0 Å². The Hall–Kier alpha value is -1.55. The van der Waals surface area contributed by atoms with Gasteiger partial charge in [0.15, 0.2) is 0 Å². The molecule has 4 heteroatoms. The third-order valence-corrected chi connectivity index (χ3v) is 2.82. The zero-order valence-electron chi connectivity index (χ0n) is 9.89. The van der Waals surface area contributed by atoms with E-state index in [0.29, 0.717) is 13.2 Å². The highest BCUT2D eigenvalue weighted by Crippen LogP contribution is 2.13. The fourth-order valence-electron chi connectivity index (χ4n) is 1.89. The first-order chi connectivity index (χ1) is 8.29. The molecular formula is C13H17NO3. The van der Waals surface area contributed by atoms with Gasteiger partial charge in [-0.1, -0.05) is 37.3 Å². The number of rotatable bonds is 5. The third-order valence-electron chi connectivity index (χ3n) is 2.82. The van der Waals surface area contributed by atoms with E-state index in [1.807, 2.05) is 37.3 Å². The number of hydrogen-bond acceptors (Lipinski definition) is 3. The second-order valence-corrected chi connectivity index (χ2v) is 4.10. The van der Waals surface area contributed by atoms with Crippen molar-refractivity contribution < 1.29 is 14.3 Å². The van der Waals surface area contributed by atoms with Crippen molar-refractivity contribution in [2.75, 3.05) is 6.61 Å². The molecule has 0 radical (unpaired) electrons. The van der Waals surface area contributed by atoms with Crippen LogP contribution >= 0.6 is 0 Å². The van der Waals surface area contributed by atoms with Crippen LogP contribution in [0.25, 0.3) is 0 Å². The number of carbonyl (C=O) groups is 1. The molecule has 2 rings (SSSR count). The van der Waals surface area contributed by atoms with Crippen molar-refractivity contribution in [3.63, 3.8) is 0 Å². The van der Waals surface area contributed by atoms with E-state index < -0.39 is 0 Å². The molecular weight excluding hydrogens is 218 g/mol. The van der Waals surface area contributed by atoms with Gasteiger partial charge in [0.1, 0.15) is 6.10 Å². The van der Waals surface area contributed by atoms with Crippen molar-refractivity contribution in [1.82, 2.24) is 5.32 Å². The van der Waals surface area contributed by atoms with E-state index >= 15 is 0 Å². The average molecular weight is 235 g/mol. The molecule has 0 spiro atoms. The number of ether oxygens (including phenoxy) is 2. The maximum Gasteiger partial charge on any atom is 0.407 e. The summed E-state index contributed by atoms with van der Waals surface area (Å²) in [6, 6.07) is 9.93. The summed E-state index contributed by atoms with van der Waals surface area (Å²) in [5, 5.41) is 2.75. The van der Waals surface area contributed by atoms with Gasteiger partial charge in [0.2, 0.25) is 0 Å². The topological polar surface area (TPSA) is 47.6 Å². The van der Waals surface area contributed by atoms with Gasteiger partial charge in [0.25, 0.3) is 0 Å². The standard InChI is InChI=1S/C13H17NO3/c1-2-12-11(14-13(15)17-12)9-16-8-10-6-4-3-5-7-10/h3-7,11-12H,2,8-9H2,1H3,(H,14,15)/t11-,12+/m0/s1. The molecule has 1 aliphatic heterocycles. The first kappa shape index (κ1) is 11.9. The van der Waals surface area contributed by atoms with Crippen molar-refractivity contribution in [1.29, 1.82) is 0 Å². The number of cyclic esters (lactones) is 1. The molecule has 0 aromatic heterocycles. The minimum Gasteiger partial charge on any atom is -0.444 e. The summed E-state index contributed by atoms with van der Waals surface area (Å²) < 4.78 is 10.7. The maximum absolute atomic E-state index is 11.1. The highest BCUT2D eigenvalue weighted by Gasteiger charge is 2.32. The van der Waals surface area contributed by atoms with Crippen LogP contribution in [-0.2, 0) is 16.1 Å². The smallest absolute Gasteiger partial charge is 0.407 e. The van der Waals surface area contributed by atoms with E-state index in [1.54, 1.807) is 0 Å². The Balaban J connectivity index is 1.77. The predicted octanol–water partition coefficient (Wildman–Crippen LogP) is 2.09. The molecule has 1 aliphatic rings. The molecule has 92 valence electrons. The average Bonchev–Trinajstić information content (AvgIpc) is 2.71. The van der Waals surface area contributed by atoms with Crippen LogP contribution < -0.4 is 5.32 Å². The Morgan fingerprint density at radius 1 is 1.35 bits per heavy atom. The monoisotopic (exact) mass is 235 g/mol. The molecule has 1 aromatic rings. The van der Waals surface area contributed by atoms with Crippen LogP contribution in [-0.4, -0.2) is 24.8 Å². The highest BCUT2D eigenvalue weighted by atomic mass is 16.6. The Morgan fingerprint density at radius 2 is 2.12 bits per heavy atom. The van der Waals surface area contributed by atoms with Crippen molar-refractivity contribution >= 4 is 6.09 Å². The fourth-order valence-corrected chi connectivity index (χ4v) is 1.89. The second kappa shape index (κ2) is 5.68. The SMILES string of the molecule is CC[C@H]1OC(=O)N[C@H]1COCc1ccccc1. The van der Waals surface area contributed by atoms with Gasteiger partial charge < -0.3 is 14.8 Å². The molecule has 0 aliphatic carbocycles. The summed E-state index contributed by atoms with van der Waals surface area (Å²) in [4.78, 5) is 11.1. The van der Waals surface area contributed by atoms with Gasteiger partial charge in [0, 0.05) is 0 Å². The summed E-state index contributed by atoms with van der Waals surface area (Å²) in [6.45, 7) is 3.04. The first-order valence-electron chi connectivity index (χ1n) is 5.88. The molecule has 0 bridgehead atoms. The van der Waals surface area contributed by atoms with Crippen LogP contribution in [0.4, 0.5) is 4.79 Å². The molecule has 1 N–H and O–H groups in total. The lowest BCUT2D eigenvalue weighted by atomic mass is 10.1. The number of carbonyl (C=O) groups excluding carboxylic acids is 1. The molecule has 1 saturated heterocycles. The minimum absolute atomic E-state index is 0.0313. The summed E-state index contributed by atoms with van der Waals surface area (Å²) in [5.41, 5.74) is 1.13. The lowest BCUT2D eigenvalue weighted by molar-refractivity contribution is 0.0705. The summed E-state index contributed by atoms with van der Waals surface area (Å²) in [6.07, 6.45) is 0.390. The van der Waals surface area contributed by atoms with Gasteiger partial charge in [-0.05, 0) is 12.0 Å². The van der Waals surface area contributed by atoms with E-state index in [1.165, 1.54) is 0 Å². The molecule has 1 amide bonds. The van der Waals surface area contributed by atoms with E-state index in [9.17, 15) is 4.79 Å².